The third-order valence-electron chi connectivity index (χ3n) is 3.76. The lowest BCUT2D eigenvalue weighted by Gasteiger charge is -2.33. The third-order valence-corrected chi connectivity index (χ3v) is 4.45. The van der Waals surface area contributed by atoms with Gasteiger partial charge in [0.1, 0.15) is 5.75 Å². The number of hydrogen-bond donors (Lipinski definition) is 0. The van der Waals surface area contributed by atoms with Gasteiger partial charge in [-0.2, -0.15) is 4.21 Å². The van der Waals surface area contributed by atoms with Crippen LogP contribution in [0.4, 0.5) is 0 Å². The maximum Gasteiger partial charge on any atom is 0.360 e. The summed E-state index contributed by atoms with van der Waals surface area (Å²) in [6.07, 6.45) is 0.391. The normalized spacial score (nSPS) is 12.7. The first-order chi connectivity index (χ1) is 12.6. The van der Waals surface area contributed by atoms with Gasteiger partial charge in [-0.1, -0.05) is 48.0 Å². The first-order valence-corrected chi connectivity index (χ1v) is 9.73. The van der Waals surface area contributed by atoms with Crippen LogP contribution in [-0.4, -0.2) is 24.0 Å². The highest BCUT2D eigenvalue weighted by atomic mass is 32.2. The zero-order valence-corrected chi connectivity index (χ0v) is 16.3. The molecule has 0 aromatic heterocycles. The molecule has 0 amide bonds. The number of ether oxygens (including phenoxy) is 2. The molecule has 0 aliphatic carbocycles. The lowest BCUT2D eigenvalue weighted by atomic mass is 10.0. The van der Waals surface area contributed by atoms with E-state index in [0.29, 0.717) is 25.4 Å². The van der Waals surface area contributed by atoms with Gasteiger partial charge in [0.15, 0.2) is 5.79 Å². The van der Waals surface area contributed by atoms with Crippen LogP contribution in [0.25, 0.3) is 0 Å². The van der Waals surface area contributed by atoms with Crippen LogP contribution in [0.3, 0.4) is 0 Å². The van der Waals surface area contributed by atoms with E-state index in [1.54, 1.807) is 12.1 Å². The summed E-state index contributed by atoms with van der Waals surface area (Å²) in [5.74, 6) is -0.434. The van der Waals surface area contributed by atoms with Crippen molar-refractivity contribution in [2.24, 2.45) is 0 Å². The van der Waals surface area contributed by atoms with Crippen molar-refractivity contribution < 1.29 is 22.0 Å². The molecule has 0 saturated carbocycles. The maximum absolute atomic E-state index is 12.0. The number of hydrogen-bond acceptors (Lipinski definition) is 5. The first-order valence-electron chi connectivity index (χ1n) is 8.73. The minimum Gasteiger partial charge on any atom is -0.380 e. The van der Waals surface area contributed by atoms with Gasteiger partial charge in [-0.05, 0) is 32.9 Å². The molecule has 0 aliphatic rings. The fourth-order valence-corrected chi connectivity index (χ4v) is 3.13. The minimum atomic E-state index is -1.89. The number of benzene rings is 2. The molecule has 0 radical (unpaired) electrons. The Hall–Kier alpha value is -1.73. The topological polar surface area (TPSA) is 54.0 Å². The molecule has 6 heteroatoms. The standard InChI is InChI=1S/C20H26O5S/c1-4-22-20(23-5-2,18-9-7-6-8-10-18)15-16-24-26(21)25-19-13-11-17(3)12-14-19/h6-14H,4-5,15-16H2,1-3H3. The van der Waals surface area contributed by atoms with Crippen molar-refractivity contribution in [1.29, 1.82) is 0 Å². The van der Waals surface area contributed by atoms with Gasteiger partial charge < -0.3 is 13.7 Å². The van der Waals surface area contributed by atoms with Crippen LogP contribution in [0, 0.1) is 6.92 Å². The zero-order valence-electron chi connectivity index (χ0n) is 15.5. The second kappa shape index (κ2) is 10.4. The van der Waals surface area contributed by atoms with Gasteiger partial charge in [-0.15, -0.1) is 0 Å². The van der Waals surface area contributed by atoms with E-state index < -0.39 is 17.1 Å². The number of rotatable bonds is 11. The lowest BCUT2D eigenvalue weighted by molar-refractivity contribution is -0.249. The van der Waals surface area contributed by atoms with Crippen LogP contribution >= 0.6 is 0 Å². The quantitative estimate of drug-likeness (QED) is 0.546. The largest absolute Gasteiger partial charge is 0.380 e. The fourth-order valence-electron chi connectivity index (χ4n) is 2.60. The molecule has 2 aromatic carbocycles. The van der Waals surface area contributed by atoms with E-state index in [1.807, 2.05) is 63.2 Å². The van der Waals surface area contributed by atoms with Gasteiger partial charge in [0.25, 0.3) is 0 Å². The summed E-state index contributed by atoms with van der Waals surface area (Å²) in [6, 6.07) is 17.0. The van der Waals surface area contributed by atoms with E-state index in [9.17, 15) is 4.21 Å². The monoisotopic (exact) mass is 378 g/mol. The Labute approximate surface area is 158 Å². The summed E-state index contributed by atoms with van der Waals surface area (Å²) in [4.78, 5) is 0. The van der Waals surface area contributed by atoms with Crippen molar-refractivity contribution in [2.45, 2.75) is 33.0 Å². The molecule has 0 N–H and O–H groups in total. The summed E-state index contributed by atoms with van der Waals surface area (Å²) in [7, 11) is 0. The van der Waals surface area contributed by atoms with E-state index in [0.717, 1.165) is 11.1 Å². The van der Waals surface area contributed by atoms with E-state index >= 15 is 0 Å². The van der Waals surface area contributed by atoms with Crippen molar-refractivity contribution in [3.05, 3.63) is 65.7 Å². The van der Waals surface area contributed by atoms with Gasteiger partial charge in [0.05, 0.1) is 6.61 Å². The lowest BCUT2D eigenvalue weighted by Crippen LogP contribution is -2.35. The van der Waals surface area contributed by atoms with E-state index in [-0.39, 0.29) is 6.61 Å². The Morgan fingerprint density at radius 2 is 1.54 bits per heavy atom. The molecule has 5 nitrogen and oxygen atoms in total. The molecule has 2 aromatic rings. The summed E-state index contributed by atoms with van der Waals surface area (Å²) in [5.41, 5.74) is 2.00. The molecular weight excluding hydrogens is 352 g/mol. The predicted molar refractivity (Wildman–Crippen MR) is 102 cm³/mol. The van der Waals surface area contributed by atoms with Crippen molar-refractivity contribution in [2.75, 3.05) is 19.8 Å². The second-order valence-corrected chi connectivity index (χ2v) is 6.47. The Bertz CT molecular complexity index is 666. The van der Waals surface area contributed by atoms with Crippen molar-refractivity contribution in [3.8, 4) is 5.75 Å². The van der Waals surface area contributed by atoms with Crippen molar-refractivity contribution in [3.63, 3.8) is 0 Å². The first kappa shape index (κ1) is 20.6. The van der Waals surface area contributed by atoms with E-state index in [4.69, 9.17) is 17.8 Å². The average molecular weight is 378 g/mol. The third kappa shape index (κ3) is 5.92. The van der Waals surface area contributed by atoms with Gasteiger partial charge in [-0.25, -0.2) is 0 Å². The van der Waals surface area contributed by atoms with Crippen molar-refractivity contribution in [1.82, 2.24) is 0 Å². The van der Waals surface area contributed by atoms with Crippen LogP contribution in [0.1, 0.15) is 31.4 Å². The van der Waals surface area contributed by atoms with Crippen LogP contribution in [0.15, 0.2) is 54.6 Å². The predicted octanol–water partition coefficient (Wildman–Crippen LogP) is 4.29. The SMILES string of the molecule is CCOC(CCOS(=O)Oc1ccc(C)cc1)(OCC)c1ccccc1. The molecule has 0 heterocycles. The Morgan fingerprint density at radius 1 is 0.923 bits per heavy atom. The van der Waals surface area contributed by atoms with Gasteiger partial charge in [0.2, 0.25) is 0 Å². The van der Waals surface area contributed by atoms with Crippen LogP contribution in [-0.2, 0) is 30.8 Å². The van der Waals surface area contributed by atoms with Gasteiger partial charge >= 0.3 is 11.4 Å². The van der Waals surface area contributed by atoms with Gasteiger partial charge in [-0.3, -0.25) is 4.18 Å². The second-order valence-electron chi connectivity index (χ2n) is 5.66. The molecule has 2 rings (SSSR count). The highest BCUT2D eigenvalue weighted by Crippen LogP contribution is 2.31. The van der Waals surface area contributed by atoms with Crippen LogP contribution in [0.5, 0.6) is 5.75 Å². The molecule has 0 spiro atoms. The summed E-state index contributed by atoms with van der Waals surface area (Å²) >= 11 is -1.89. The van der Waals surface area contributed by atoms with Crippen molar-refractivity contribution >= 4 is 11.4 Å². The van der Waals surface area contributed by atoms with E-state index in [1.165, 1.54) is 0 Å². The Kier molecular flexibility index (Phi) is 8.25. The molecule has 0 saturated heterocycles. The van der Waals surface area contributed by atoms with Gasteiger partial charge in [0, 0.05) is 25.2 Å². The Morgan fingerprint density at radius 3 is 2.12 bits per heavy atom. The molecule has 142 valence electrons. The molecule has 1 atom stereocenters. The molecule has 0 bridgehead atoms. The highest BCUT2D eigenvalue weighted by molar-refractivity contribution is 7.75. The molecule has 0 fully saturated rings. The average Bonchev–Trinajstić information content (AvgIpc) is 2.64. The van der Waals surface area contributed by atoms with Crippen LogP contribution in [0.2, 0.25) is 0 Å². The minimum absolute atomic E-state index is 0.160. The smallest absolute Gasteiger partial charge is 0.360 e. The maximum atomic E-state index is 12.0. The summed E-state index contributed by atoms with van der Waals surface area (Å²) in [6.45, 7) is 6.93. The fraction of sp³-hybridized carbons (Fsp3) is 0.400. The number of aryl methyl sites for hydroxylation is 1. The summed E-state index contributed by atoms with van der Waals surface area (Å²) < 4.78 is 34.5. The molecule has 1 unspecified atom stereocenters. The molecule has 26 heavy (non-hydrogen) atoms. The van der Waals surface area contributed by atoms with E-state index in [2.05, 4.69) is 0 Å². The summed E-state index contributed by atoms with van der Waals surface area (Å²) in [5, 5.41) is 0. The molecule has 0 aliphatic heterocycles. The highest BCUT2D eigenvalue weighted by Gasteiger charge is 2.33. The zero-order chi connectivity index (χ0) is 18.8. The Balaban J connectivity index is 1.98. The van der Waals surface area contributed by atoms with Crippen LogP contribution < -0.4 is 4.18 Å². The molecular formula is C20H26O5S.